The van der Waals surface area contributed by atoms with Crippen LogP contribution in [0.2, 0.25) is 0 Å². The number of thioether (sulfide) groups is 1. The molecule has 0 aromatic heterocycles. The fourth-order valence-electron chi connectivity index (χ4n) is 3.89. The molecule has 2 amide bonds. The van der Waals surface area contributed by atoms with Gasteiger partial charge in [-0.25, -0.2) is 4.79 Å². The van der Waals surface area contributed by atoms with Crippen LogP contribution in [0.4, 0.5) is 0 Å². The molecule has 0 bridgehead atoms. The molecule has 0 radical (unpaired) electrons. The molecule has 0 aliphatic carbocycles. The number of rotatable bonds is 8. The van der Waals surface area contributed by atoms with E-state index < -0.39 is 35.2 Å². The Labute approximate surface area is 210 Å². The van der Waals surface area contributed by atoms with Crippen LogP contribution in [-0.2, 0) is 23.9 Å². The van der Waals surface area contributed by atoms with Crippen LogP contribution in [0.25, 0.3) is 11.1 Å². The van der Waals surface area contributed by atoms with E-state index in [9.17, 15) is 29.1 Å². The number of ether oxygens (including phenoxy) is 1. The number of hydrogen-bond acceptors (Lipinski definition) is 7. The number of carboxylic acids is 1. The van der Waals surface area contributed by atoms with Gasteiger partial charge in [0, 0.05) is 29.9 Å². The number of carboxylic acid groups (broad SMARTS) is 1. The lowest BCUT2D eigenvalue weighted by molar-refractivity contribution is -0.150. The Kier molecular flexibility index (Phi) is 7.35. The minimum Gasteiger partial charge on any atom is -0.477 e. The molecule has 36 heavy (non-hydrogen) atoms. The number of amides is 2. The molecule has 2 atom stereocenters. The molecule has 1 saturated heterocycles. The summed E-state index contributed by atoms with van der Waals surface area (Å²) >= 11 is 1.26. The first-order valence-corrected chi connectivity index (χ1v) is 12.0. The van der Waals surface area contributed by atoms with Crippen LogP contribution in [0.1, 0.15) is 17.3 Å². The maximum absolute atomic E-state index is 12.6. The summed E-state index contributed by atoms with van der Waals surface area (Å²) in [5.74, 6) is -3.26. The number of esters is 1. The largest absolute Gasteiger partial charge is 0.477 e. The lowest BCUT2D eigenvalue weighted by atomic mass is 10.0. The minimum absolute atomic E-state index is 0.225. The van der Waals surface area contributed by atoms with Crippen LogP contribution in [0.5, 0.6) is 0 Å². The number of benzene rings is 2. The average Bonchev–Trinajstić information content (AvgIpc) is 2.88. The summed E-state index contributed by atoms with van der Waals surface area (Å²) in [5.41, 5.74) is 2.45. The third-order valence-electron chi connectivity index (χ3n) is 5.66. The number of hydrogen-bond donors (Lipinski definition) is 2. The Bertz CT molecular complexity index is 1290. The molecule has 4 rings (SSSR count). The van der Waals surface area contributed by atoms with E-state index in [-0.39, 0.29) is 23.8 Å². The summed E-state index contributed by atoms with van der Waals surface area (Å²) in [6, 6.07) is 15.7. The van der Waals surface area contributed by atoms with Crippen molar-refractivity contribution in [2.75, 3.05) is 12.4 Å². The molecule has 184 valence electrons. The average molecular weight is 507 g/mol. The molecule has 0 spiro atoms. The Balaban J connectivity index is 1.37. The lowest BCUT2D eigenvalue weighted by Crippen LogP contribution is -2.70. The predicted octanol–water partition coefficient (Wildman–Crippen LogP) is 2.39. The second-order valence-electron chi connectivity index (χ2n) is 8.07. The van der Waals surface area contributed by atoms with Crippen LogP contribution in [-0.4, -0.2) is 63.3 Å². The summed E-state index contributed by atoms with van der Waals surface area (Å²) < 4.78 is 4.89. The van der Waals surface area contributed by atoms with Crippen molar-refractivity contribution in [2.24, 2.45) is 0 Å². The van der Waals surface area contributed by atoms with Crippen molar-refractivity contribution in [3.05, 3.63) is 83.6 Å². The van der Waals surface area contributed by atoms with Crippen molar-refractivity contribution in [3.63, 3.8) is 0 Å². The van der Waals surface area contributed by atoms with Gasteiger partial charge in [-0.2, -0.15) is 0 Å². The summed E-state index contributed by atoms with van der Waals surface area (Å²) in [5, 5.41) is 11.5. The Hall–Kier alpha value is -4.18. The highest BCUT2D eigenvalue weighted by Crippen LogP contribution is 2.40. The van der Waals surface area contributed by atoms with Crippen LogP contribution in [0.3, 0.4) is 0 Å². The van der Waals surface area contributed by atoms with Crippen LogP contribution >= 0.6 is 11.8 Å². The lowest BCUT2D eigenvalue weighted by Gasteiger charge is -2.49. The highest BCUT2D eigenvalue weighted by atomic mass is 32.2. The fourth-order valence-corrected chi connectivity index (χ4v) is 5.22. The van der Waals surface area contributed by atoms with Crippen LogP contribution in [0.15, 0.2) is 78.0 Å². The molecule has 2 aliphatic heterocycles. The summed E-state index contributed by atoms with van der Waals surface area (Å²) in [6.45, 7) is 0.979. The molecule has 1 fully saturated rings. The van der Waals surface area contributed by atoms with Gasteiger partial charge in [0.25, 0.3) is 5.91 Å². The molecule has 9 nitrogen and oxygen atoms in total. The van der Waals surface area contributed by atoms with Gasteiger partial charge < -0.3 is 15.2 Å². The Morgan fingerprint density at radius 1 is 1.06 bits per heavy atom. The van der Waals surface area contributed by atoms with E-state index in [1.54, 1.807) is 12.1 Å². The smallest absolute Gasteiger partial charge is 0.352 e. The number of nitrogens with one attached hydrogen (secondary N) is 1. The zero-order valence-electron chi connectivity index (χ0n) is 19.2. The quantitative estimate of drug-likeness (QED) is 0.242. The van der Waals surface area contributed by atoms with Crippen molar-refractivity contribution in [2.45, 2.75) is 18.3 Å². The minimum atomic E-state index is -1.32. The van der Waals surface area contributed by atoms with Gasteiger partial charge in [0.1, 0.15) is 23.7 Å². The number of carbonyl (C=O) groups is 5. The molecule has 2 N–H and O–H groups in total. The number of ketones is 1. The van der Waals surface area contributed by atoms with Crippen LogP contribution < -0.4 is 5.32 Å². The molecule has 10 heteroatoms. The molecule has 2 aromatic rings. The number of β-lactam (4-membered cyclic amide) rings is 1. The van der Waals surface area contributed by atoms with Gasteiger partial charge in [-0.3, -0.25) is 24.1 Å². The van der Waals surface area contributed by atoms with E-state index in [0.717, 1.165) is 28.2 Å². The van der Waals surface area contributed by atoms with E-state index in [1.165, 1.54) is 18.7 Å². The van der Waals surface area contributed by atoms with Gasteiger partial charge in [-0.05, 0) is 17.2 Å². The molecule has 2 aliphatic rings. The first-order chi connectivity index (χ1) is 17.3. The highest BCUT2D eigenvalue weighted by molar-refractivity contribution is 8.00. The zero-order valence-corrected chi connectivity index (χ0v) is 20.0. The number of nitrogens with zero attached hydrogens (tertiary/aromatic N) is 1. The fraction of sp³-hybridized carbons (Fsp3) is 0.192. The van der Waals surface area contributed by atoms with Gasteiger partial charge in [-0.15, -0.1) is 11.8 Å². The number of carbonyl (C=O) groups excluding carboxylic acids is 4. The van der Waals surface area contributed by atoms with Crippen molar-refractivity contribution in [3.8, 4) is 11.1 Å². The molecule has 2 heterocycles. The molecule has 0 saturated carbocycles. The number of aliphatic carboxylic acids is 1. The topological polar surface area (TPSA) is 130 Å². The molecular formula is C26H22N2O7S. The third kappa shape index (κ3) is 5.23. The van der Waals surface area contributed by atoms with Crippen molar-refractivity contribution < 1.29 is 33.8 Å². The third-order valence-corrected chi connectivity index (χ3v) is 7.00. The van der Waals surface area contributed by atoms with Crippen molar-refractivity contribution in [1.82, 2.24) is 10.2 Å². The van der Waals surface area contributed by atoms with E-state index in [1.807, 2.05) is 42.5 Å². The van der Waals surface area contributed by atoms with Gasteiger partial charge in [0.05, 0.1) is 0 Å². The summed E-state index contributed by atoms with van der Waals surface area (Å²) in [4.78, 5) is 61.4. The monoisotopic (exact) mass is 506 g/mol. The molecule has 0 unspecified atom stereocenters. The number of fused-ring (bicyclic) bond motifs is 1. The molecular weight excluding hydrogens is 484 g/mol. The SMILES string of the molecule is CC(=O)OCC1=C(C(=O)O)N2C(=O)[C@@H](NC(=O)C=CC(=O)c3ccc(-c4ccccc4)cc3)[C@H]2SC1. The van der Waals surface area contributed by atoms with Gasteiger partial charge in [0.2, 0.25) is 5.91 Å². The molecule has 2 aromatic carbocycles. The summed E-state index contributed by atoms with van der Waals surface area (Å²) in [7, 11) is 0. The predicted molar refractivity (Wildman–Crippen MR) is 132 cm³/mol. The maximum Gasteiger partial charge on any atom is 0.352 e. The van der Waals surface area contributed by atoms with Gasteiger partial charge >= 0.3 is 11.9 Å². The van der Waals surface area contributed by atoms with E-state index in [2.05, 4.69) is 5.32 Å². The van der Waals surface area contributed by atoms with Gasteiger partial charge in [-0.1, -0.05) is 54.6 Å². The van der Waals surface area contributed by atoms with Gasteiger partial charge in [0.15, 0.2) is 5.78 Å². The second-order valence-corrected chi connectivity index (χ2v) is 9.18. The Morgan fingerprint density at radius 2 is 1.72 bits per heavy atom. The van der Waals surface area contributed by atoms with Crippen LogP contribution in [0, 0.1) is 0 Å². The highest BCUT2D eigenvalue weighted by Gasteiger charge is 2.54. The normalized spacial score (nSPS) is 18.9. The maximum atomic E-state index is 12.6. The zero-order chi connectivity index (χ0) is 25.8. The standard InChI is InChI=1S/C26H22N2O7S/c1-15(29)35-13-19-14-36-25-22(24(32)28(25)23(19)26(33)34)27-21(31)12-11-20(30)18-9-7-17(8-10-18)16-5-3-2-4-6-16/h2-12,22,25H,13-14H2,1H3,(H,27,31)(H,33,34)/t22-,25-/m1/s1. The Morgan fingerprint density at radius 3 is 2.36 bits per heavy atom. The van der Waals surface area contributed by atoms with Crippen molar-refractivity contribution >= 4 is 41.3 Å². The summed E-state index contributed by atoms with van der Waals surface area (Å²) in [6.07, 6.45) is 2.18. The number of allylic oxidation sites excluding steroid dienone is 1. The first-order valence-electron chi connectivity index (χ1n) is 11.0. The van der Waals surface area contributed by atoms with E-state index >= 15 is 0 Å². The first kappa shape index (κ1) is 24.9. The van der Waals surface area contributed by atoms with Crippen molar-refractivity contribution in [1.29, 1.82) is 0 Å². The van der Waals surface area contributed by atoms with E-state index in [4.69, 9.17) is 4.74 Å². The van der Waals surface area contributed by atoms with E-state index in [0.29, 0.717) is 11.1 Å². The second kappa shape index (κ2) is 10.6.